The van der Waals surface area contributed by atoms with E-state index in [4.69, 9.17) is 16.3 Å². The van der Waals surface area contributed by atoms with Crippen LogP contribution in [0, 0.1) is 5.92 Å². The van der Waals surface area contributed by atoms with Crippen LogP contribution >= 0.6 is 27.5 Å². The van der Waals surface area contributed by atoms with Gasteiger partial charge < -0.3 is 15.2 Å². The molecule has 0 aliphatic heterocycles. The number of rotatable bonds is 8. The molecular weight excluding hydrogens is 474 g/mol. The number of amides is 2. The monoisotopic (exact) mass is 495 g/mol. The molecule has 30 heavy (non-hydrogen) atoms. The van der Waals surface area contributed by atoms with Gasteiger partial charge in [-0.25, -0.2) is 5.43 Å². The van der Waals surface area contributed by atoms with Crippen molar-refractivity contribution in [3.8, 4) is 11.5 Å². The van der Waals surface area contributed by atoms with Crippen LogP contribution in [0.4, 0.5) is 0 Å². The number of ether oxygens (including phenoxy) is 1. The Morgan fingerprint density at radius 2 is 1.93 bits per heavy atom. The van der Waals surface area contributed by atoms with Gasteiger partial charge >= 0.3 is 0 Å². The normalized spacial score (nSPS) is 12.1. The lowest BCUT2D eigenvalue weighted by atomic mass is 10.0. The van der Waals surface area contributed by atoms with Gasteiger partial charge in [0, 0.05) is 10.6 Å². The number of nitrogens with one attached hydrogen (secondary N) is 2. The zero-order valence-electron chi connectivity index (χ0n) is 16.8. The fourth-order valence-electron chi connectivity index (χ4n) is 2.53. The molecule has 2 aromatic rings. The van der Waals surface area contributed by atoms with Gasteiger partial charge in [-0.05, 0) is 70.7 Å². The molecule has 2 amide bonds. The smallest absolute Gasteiger partial charge is 0.262 e. The highest BCUT2D eigenvalue weighted by atomic mass is 79.9. The van der Waals surface area contributed by atoms with Gasteiger partial charge in [-0.3, -0.25) is 9.59 Å². The highest BCUT2D eigenvalue weighted by Crippen LogP contribution is 2.35. The summed E-state index contributed by atoms with van der Waals surface area (Å²) in [4.78, 5) is 25.0. The Morgan fingerprint density at radius 1 is 1.27 bits per heavy atom. The Bertz CT molecular complexity index is 933. The van der Waals surface area contributed by atoms with Gasteiger partial charge in [-0.1, -0.05) is 25.4 Å². The molecular formula is C21H23BrClN3O4. The van der Waals surface area contributed by atoms with E-state index in [2.05, 4.69) is 31.8 Å². The number of phenols is 1. The Balaban J connectivity index is 2.06. The molecule has 1 unspecified atom stereocenters. The lowest BCUT2D eigenvalue weighted by Crippen LogP contribution is -2.48. The van der Waals surface area contributed by atoms with Crippen LogP contribution in [0.25, 0.3) is 0 Å². The number of carbonyl (C=O) groups excluding carboxylic acids is 2. The fraction of sp³-hybridized carbons (Fsp3) is 0.286. The fourth-order valence-corrected chi connectivity index (χ4v) is 3.12. The van der Waals surface area contributed by atoms with Crippen molar-refractivity contribution in [1.29, 1.82) is 0 Å². The molecule has 1 atom stereocenters. The first-order chi connectivity index (χ1) is 14.2. The number of halogens is 2. The van der Waals surface area contributed by atoms with E-state index in [0.29, 0.717) is 33.0 Å². The zero-order valence-corrected chi connectivity index (χ0v) is 19.1. The van der Waals surface area contributed by atoms with Crippen molar-refractivity contribution in [3.63, 3.8) is 0 Å². The maximum atomic E-state index is 12.6. The zero-order chi connectivity index (χ0) is 22.3. The van der Waals surface area contributed by atoms with E-state index in [1.54, 1.807) is 43.3 Å². The average Bonchev–Trinajstić information content (AvgIpc) is 2.70. The van der Waals surface area contributed by atoms with Crippen LogP contribution in [0.3, 0.4) is 0 Å². The molecule has 2 aromatic carbocycles. The first kappa shape index (κ1) is 23.7. The molecule has 3 N–H and O–H groups in total. The number of phenolic OH excluding ortho intramolecular Hbond substituents is 1. The number of carbonyl (C=O) groups is 2. The molecule has 0 aliphatic rings. The van der Waals surface area contributed by atoms with Crippen molar-refractivity contribution < 1.29 is 19.4 Å². The molecule has 0 saturated heterocycles. The SMILES string of the molecule is CCOc1cc(/C=N/NC(=O)C(NC(=O)c2ccc(Cl)cc2)C(C)C)cc(Br)c1O. The predicted molar refractivity (Wildman–Crippen MR) is 120 cm³/mol. The van der Waals surface area contributed by atoms with Crippen molar-refractivity contribution in [2.45, 2.75) is 26.8 Å². The van der Waals surface area contributed by atoms with E-state index in [1.165, 1.54) is 6.21 Å². The topological polar surface area (TPSA) is 100 Å². The van der Waals surface area contributed by atoms with Gasteiger partial charge in [0.2, 0.25) is 0 Å². The summed E-state index contributed by atoms with van der Waals surface area (Å²) in [6.45, 7) is 5.84. The highest BCUT2D eigenvalue weighted by Gasteiger charge is 2.24. The van der Waals surface area contributed by atoms with Crippen LogP contribution in [0.2, 0.25) is 5.02 Å². The van der Waals surface area contributed by atoms with E-state index in [0.717, 1.165) is 0 Å². The number of nitrogens with zero attached hydrogens (tertiary/aromatic N) is 1. The molecule has 0 saturated carbocycles. The van der Waals surface area contributed by atoms with Crippen molar-refractivity contribution in [2.75, 3.05) is 6.61 Å². The predicted octanol–water partition coefficient (Wildman–Crippen LogP) is 4.11. The third kappa shape index (κ3) is 6.47. The van der Waals surface area contributed by atoms with Crippen molar-refractivity contribution in [3.05, 3.63) is 57.0 Å². The molecule has 0 spiro atoms. The minimum atomic E-state index is -0.782. The maximum absolute atomic E-state index is 12.6. The van der Waals surface area contributed by atoms with Gasteiger partial charge in [0.15, 0.2) is 11.5 Å². The van der Waals surface area contributed by atoms with Gasteiger partial charge in [-0.2, -0.15) is 5.10 Å². The van der Waals surface area contributed by atoms with E-state index < -0.39 is 11.9 Å². The van der Waals surface area contributed by atoms with Crippen LogP contribution in [-0.2, 0) is 4.79 Å². The molecule has 0 aliphatic carbocycles. The molecule has 160 valence electrons. The number of hydrogen-bond donors (Lipinski definition) is 3. The quantitative estimate of drug-likeness (QED) is 0.378. The van der Waals surface area contributed by atoms with Crippen LogP contribution in [0.1, 0.15) is 36.7 Å². The number of hydrazone groups is 1. The summed E-state index contributed by atoms with van der Waals surface area (Å²) >= 11 is 9.09. The second-order valence-corrected chi connectivity index (χ2v) is 8.01. The standard InChI is InChI=1S/C21H23BrClN3O4/c1-4-30-17-10-13(9-16(22)19(17)27)11-24-26-21(29)18(12(2)3)25-20(28)14-5-7-15(23)8-6-14/h5-12,18,27H,4H2,1-3H3,(H,25,28)(H,26,29)/b24-11+. The van der Waals surface area contributed by atoms with E-state index >= 15 is 0 Å². The summed E-state index contributed by atoms with van der Waals surface area (Å²) in [5.74, 6) is -0.707. The molecule has 9 heteroatoms. The summed E-state index contributed by atoms with van der Waals surface area (Å²) in [5, 5.41) is 17.2. The lowest BCUT2D eigenvalue weighted by Gasteiger charge is -2.20. The Morgan fingerprint density at radius 3 is 2.53 bits per heavy atom. The summed E-state index contributed by atoms with van der Waals surface area (Å²) in [7, 11) is 0. The number of aromatic hydroxyl groups is 1. The molecule has 7 nitrogen and oxygen atoms in total. The van der Waals surface area contributed by atoms with Crippen LogP contribution in [0.15, 0.2) is 46.0 Å². The lowest BCUT2D eigenvalue weighted by molar-refractivity contribution is -0.123. The highest BCUT2D eigenvalue weighted by molar-refractivity contribution is 9.10. The van der Waals surface area contributed by atoms with Crippen molar-refractivity contribution in [2.24, 2.45) is 11.0 Å². The van der Waals surface area contributed by atoms with Gasteiger partial charge in [0.25, 0.3) is 11.8 Å². The van der Waals surface area contributed by atoms with E-state index in [9.17, 15) is 14.7 Å². The third-order valence-corrected chi connectivity index (χ3v) is 4.94. The Kier molecular flexibility index (Phi) is 8.68. The molecule has 0 radical (unpaired) electrons. The minimum absolute atomic E-state index is 0.0113. The third-order valence-electron chi connectivity index (χ3n) is 4.08. The summed E-state index contributed by atoms with van der Waals surface area (Å²) in [5.41, 5.74) is 3.45. The van der Waals surface area contributed by atoms with E-state index in [1.807, 2.05) is 13.8 Å². The largest absolute Gasteiger partial charge is 0.503 e. The second-order valence-electron chi connectivity index (χ2n) is 6.72. The van der Waals surface area contributed by atoms with Crippen LogP contribution in [-0.4, -0.2) is 35.8 Å². The van der Waals surface area contributed by atoms with E-state index in [-0.39, 0.29) is 17.6 Å². The van der Waals surface area contributed by atoms with Crippen molar-refractivity contribution in [1.82, 2.24) is 10.7 Å². The Labute approximate surface area is 188 Å². The van der Waals surface area contributed by atoms with Crippen molar-refractivity contribution >= 4 is 45.6 Å². The Hall–Kier alpha value is -2.58. The van der Waals surface area contributed by atoms with Crippen LogP contribution in [0.5, 0.6) is 11.5 Å². The molecule has 0 bridgehead atoms. The maximum Gasteiger partial charge on any atom is 0.262 e. The van der Waals surface area contributed by atoms with Gasteiger partial charge in [0.05, 0.1) is 17.3 Å². The van der Waals surface area contributed by atoms with Gasteiger partial charge in [-0.15, -0.1) is 0 Å². The first-order valence-electron chi connectivity index (χ1n) is 9.27. The molecule has 0 aromatic heterocycles. The molecule has 0 fully saturated rings. The average molecular weight is 497 g/mol. The van der Waals surface area contributed by atoms with Crippen LogP contribution < -0.4 is 15.5 Å². The summed E-state index contributed by atoms with van der Waals surface area (Å²) in [6, 6.07) is 8.84. The molecule has 2 rings (SSSR count). The first-order valence-corrected chi connectivity index (χ1v) is 10.4. The summed E-state index contributed by atoms with van der Waals surface area (Å²) in [6.07, 6.45) is 1.42. The number of hydrogen-bond acceptors (Lipinski definition) is 5. The van der Waals surface area contributed by atoms with Gasteiger partial charge in [0.1, 0.15) is 6.04 Å². The summed E-state index contributed by atoms with van der Waals surface area (Å²) < 4.78 is 5.80. The second kappa shape index (κ2) is 11.0. The minimum Gasteiger partial charge on any atom is -0.503 e. The molecule has 0 heterocycles. The number of benzene rings is 2.